The number of nitrogen functional groups attached to an aromatic ring is 1. The molecule has 6 heteroatoms. The van der Waals surface area contributed by atoms with Crippen molar-refractivity contribution >= 4 is 28.2 Å². The Hall–Kier alpha value is -1.30. The maximum Gasteiger partial charge on any atom is 0.267 e. The lowest BCUT2D eigenvalue weighted by molar-refractivity contribution is 0.0712. The van der Waals surface area contributed by atoms with Gasteiger partial charge < -0.3 is 16.0 Å². The maximum atomic E-state index is 12.6. The minimum atomic E-state index is 0.0196. The first-order chi connectivity index (χ1) is 9.51. The molecule has 1 aliphatic carbocycles. The lowest BCUT2D eigenvalue weighted by Crippen LogP contribution is -2.37. The van der Waals surface area contributed by atoms with Gasteiger partial charge in [0.15, 0.2) is 5.13 Å². The molecule has 1 amide bonds. The van der Waals surface area contributed by atoms with Crippen molar-refractivity contribution in [3.05, 3.63) is 4.88 Å². The number of nitrogens with zero attached hydrogens (tertiary/aromatic N) is 2. The first-order valence-corrected chi connectivity index (χ1v) is 8.15. The van der Waals surface area contributed by atoms with Crippen molar-refractivity contribution in [3.8, 4) is 0 Å². The lowest BCUT2D eigenvalue weighted by atomic mass is 9.85. The first-order valence-electron chi connectivity index (χ1n) is 7.33. The van der Waals surface area contributed by atoms with E-state index in [1.807, 2.05) is 25.7 Å². The fourth-order valence-electron chi connectivity index (χ4n) is 2.28. The SMILES string of the molecule is CCN(CC1CCC1)C(=O)c1sc(NC(C)C)nc1N. The minimum absolute atomic E-state index is 0.0196. The highest BCUT2D eigenvalue weighted by Gasteiger charge is 2.26. The van der Waals surface area contributed by atoms with E-state index in [1.165, 1.54) is 30.6 Å². The number of hydrogen-bond donors (Lipinski definition) is 2. The van der Waals surface area contributed by atoms with Crippen LogP contribution >= 0.6 is 11.3 Å². The van der Waals surface area contributed by atoms with Crippen molar-refractivity contribution in [3.63, 3.8) is 0 Å². The van der Waals surface area contributed by atoms with E-state index in [-0.39, 0.29) is 11.9 Å². The van der Waals surface area contributed by atoms with Crippen LogP contribution in [0.3, 0.4) is 0 Å². The van der Waals surface area contributed by atoms with Gasteiger partial charge in [-0.3, -0.25) is 4.79 Å². The number of aromatic nitrogens is 1. The van der Waals surface area contributed by atoms with Gasteiger partial charge >= 0.3 is 0 Å². The van der Waals surface area contributed by atoms with Crippen LogP contribution in [0.2, 0.25) is 0 Å². The number of anilines is 2. The average Bonchev–Trinajstić information content (AvgIpc) is 2.67. The fraction of sp³-hybridized carbons (Fsp3) is 0.714. The van der Waals surface area contributed by atoms with E-state index in [2.05, 4.69) is 10.3 Å². The molecular weight excluding hydrogens is 272 g/mol. The van der Waals surface area contributed by atoms with Crippen LogP contribution in [0.1, 0.15) is 49.7 Å². The van der Waals surface area contributed by atoms with Crippen LogP contribution in [-0.4, -0.2) is 34.9 Å². The Morgan fingerprint density at radius 2 is 2.25 bits per heavy atom. The summed E-state index contributed by atoms with van der Waals surface area (Å²) in [6.07, 6.45) is 3.77. The van der Waals surface area contributed by atoms with Crippen LogP contribution in [-0.2, 0) is 0 Å². The fourth-order valence-corrected chi connectivity index (χ4v) is 3.28. The Morgan fingerprint density at radius 1 is 1.55 bits per heavy atom. The summed E-state index contributed by atoms with van der Waals surface area (Å²) in [4.78, 5) is 19.3. The molecule has 0 aliphatic heterocycles. The lowest BCUT2D eigenvalue weighted by Gasteiger charge is -2.31. The molecule has 0 radical (unpaired) electrons. The molecule has 3 N–H and O–H groups in total. The van der Waals surface area contributed by atoms with Gasteiger partial charge in [-0.25, -0.2) is 4.98 Å². The third-order valence-electron chi connectivity index (χ3n) is 3.63. The van der Waals surface area contributed by atoms with Crippen molar-refractivity contribution in [2.75, 3.05) is 24.1 Å². The smallest absolute Gasteiger partial charge is 0.267 e. The number of nitrogens with two attached hydrogens (primary N) is 1. The molecule has 0 bridgehead atoms. The molecule has 2 rings (SSSR count). The zero-order chi connectivity index (χ0) is 14.7. The van der Waals surface area contributed by atoms with Crippen molar-refractivity contribution in [1.82, 2.24) is 9.88 Å². The van der Waals surface area contributed by atoms with Crippen LogP contribution in [0.4, 0.5) is 10.9 Å². The quantitative estimate of drug-likeness (QED) is 0.847. The molecule has 1 aliphatic rings. The summed E-state index contributed by atoms with van der Waals surface area (Å²) in [5.41, 5.74) is 5.90. The van der Waals surface area contributed by atoms with Gasteiger partial charge in [-0.05, 0) is 39.5 Å². The molecule has 0 saturated heterocycles. The Balaban J connectivity index is 2.07. The summed E-state index contributed by atoms with van der Waals surface area (Å²) in [7, 11) is 0. The zero-order valence-corrected chi connectivity index (χ0v) is 13.3. The molecule has 1 saturated carbocycles. The van der Waals surface area contributed by atoms with Crippen LogP contribution in [0, 0.1) is 5.92 Å². The molecule has 0 spiro atoms. The van der Waals surface area contributed by atoms with Gasteiger partial charge in [-0.1, -0.05) is 17.8 Å². The van der Waals surface area contributed by atoms with E-state index < -0.39 is 0 Å². The number of nitrogens with one attached hydrogen (secondary N) is 1. The number of amides is 1. The highest BCUT2D eigenvalue weighted by Crippen LogP contribution is 2.30. The third kappa shape index (κ3) is 3.42. The Morgan fingerprint density at radius 3 is 2.75 bits per heavy atom. The summed E-state index contributed by atoms with van der Waals surface area (Å²) in [6.45, 7) is 7.66. The van der Waals surface area contributed by atoms with Gasteiger partial charge in [0.2, 0.25) is 0 Å². The van der Waals surface area contributed by atoms with Crippen LogP contribution in [0.25, 0.3) is 0 Å². The van der Waals surface area contributed by atoms with E-state index in [9.17, 15) is 4.79 Å². The number of rotatable bonds is 6. The normalized spacial score (nSPS) is 15.2. The summed E-state index contributed by atoms with van der Waals surface area (Å²) >= 11 is 1.35. The number of thiazole rings is 1. The molecule has 1 fully saturated rings. The van der Waals surface area contributed by atoms with Gasteiger partial charge in [0.05, 0.1) is 0 Å². The molecule has 1 heterocycles. The van der Waals surface area contributed by atoms with Gasteiger partial charge in [0, 0.05) is 19.1 Å². The highest BCUT2D eigenvalue weighted by molar-refractivity contribution is 7.18. The second kappa shape index (κ2) is 6.43. The van der Waals surface area contributed by atoms with E-state index in [0.29, 0.717) is 16.6 Å². The monoisotopic (exact) mass is 296 g/mol. The second-order valence-electron chi connectivity index (χ2n) is 5.67. The molecule has 0 unspecified atom stereocenters. The molecule has 0 atom stereocenters. The Bertz CT molecular complexity index is 468. The van der Waals surface area contributed by atoms with Crippen LogP contribution in [0.5, 0.6) is 0 Å². The average molecular weight is 296 g/mol. The van der Waals surface area contributed by atoms with Crippen molar-refractivity contribution in [2.45, 2.75) is 46.1 Å². The number of carbonyl (C=O) groups is 1. The number of hydrogen-bond acceptors (Lipinski definition) is 5. The summed E-state index contributed by atoms with van der Waals surface area (Å²) in [5.74, 6) is 1.03. The summed E-state index contributed by atoms with van der Waals surface area (Å²) in [6, 6.07) is 0.278. The van der Waals surface area contributed by atoms with E-state index in [0.717, 1.165) is 18.2 Å². The first kappa shape index (κ1) is 15.1. The molecular formula is C14H24N4OS. The Labute approximate surface area is 124 Å². The minimum Gasteiger partial charge on any atom is -0.382 e. The van der Waals surface area contributed by atoms with Gasteiger partial charge in [0.1, 0.15) is 10.7 Å². The van der Waals surface area contributed by atoms with E-state index in [4.69, 9.17) is 5.73 Å². The molecule has 0 aromatic carbocycles. The molecule has 5 nitrogen and oxygen atoms in total. The molecule has 112 valence electrons. The topological polar surface area (TPSA) is 71.2 Å². The predicted octanol–water partition coefficient (Wildman–Crippen LogP) is 2.81. The van der Waals surface area contributed by atoms with E-state index >= 15 is 0 Å². The van der Waals surface area contributed by atoms with Gasteiger partial charge in [-0.2, -0.15) is 0 Å². The second-order valence-corrected chi connectivity index (χ2v) is 6.67. The summed E-state index contributed by atoms with van der Waals surface area (Å²) in [5, 5.41) is 3.92. The Kier molecular flexibility index (Phi) is 4.86. The van der Waals surface area contributed by atoms with Gasteiger partial charge in [0.25, 0.3) is 5.91 Å². The number of carbonyl (C=O) groups excluding carboxylic acids is 1. The highest BCUT2D eigenvalue weighted by atomic mass is 32.1. The summed E-state index contributed by atoms with van der Waals surface area (Å²) < 4.78 is 0. The van der Waals surface area contributed by atoms with Crippen LogP contribution < -0.4 is 11.1 Å². The van der Waals surface area contributed by atoms with Gasteiger partial charge in [-0.15, -0.1) is 0 Å². The largest absolute Gasteiger partial charge is 0.382 e. The van der Waals surface area contributed by atoms with Crippen molar-refractivity contribution in [1.29, 1.82) is 0 Å². The molecule has 1 aromatic rings. The van der Waals surface area contributed by atoms with Crippen LogP contribution in [0.15, 0.2) is 0 Å². The van der Waals surface area contributed by atoms with E-state index in [1.54, 1.807) is 0 Å². The predicted molar refractivity (Wildman–Crippen MR) is 84.2 cm³/mol. The molecule has 20 heavy (non-hydrogen) atoms. The maximum absolute atomic E-state index is 12.6. The third-order valence-corrected chi connectivity index (χ3v) is 4.62. The van der Waals surface area contributed by atoms with Crippen molar-refractivity contribution in [2.24, 2.45) is 5.92 Å². The standard InChI is InChI=1S/C14H24N4OS/c1-4-18(8-10-6-5-7-10)13(19)11-12(15)17-14(20-11)16-9(2)3/h9-10H,4-8,15H2,1-3H3,(H,16,17). The zero-order valence-electron chi connectivity index (χ0n) is 12.5. The van der Waals surface area contributed by atoms with Crippen molar-refractivity contribution < 1.29 is 4.79 Å². The molecule has 1 aromatic heterocycles.